The van der Waals surface area contributed by atoms with E-state index in [9.17, 15) is 0 Å². The number of anilines is 6. The highest BCUT2D eigenvalue weighted by molar-refractivity contribution is 7.09. The first-order valence-corrected chi connectivity index (χ1v) is 18.6. The second-order valence-electron chi connectivity index (χ2n) is 13.5. The number of hydrogen-bond acceptors (Lipinski definition) is 5. The molecule has 248 valence electrons. The minimum Gasteiger partial charge on any atom is -0.306 e. The van der Waals surface area contributed by atoms with E-state index in [1.165, 1.54) is 55.0 Å². The van der Waals surface area contributed by atoms with Gasteiger partial charge in [0, 0.05) is 22.5 Å². The first-order chi connectivity index (χ1) is 26.3. The van der Waals surface area contributed by atoms with E-state index < -0.39 is 0 Å². The quantitative estimate of drug-likeness (QED) is 0.168. The van der Waals surface area contributed by atoms with Crippen molar-refractivity contribution < 1.29 is 0 Å². The van der Waals surface area contributed by atoms with Crippen molar-refractivity contribution in [3.05, 3.63) is 182 Å². The van der Waals surface area contributed by atoms with Crippen LogP contribution in [0.15, 0.2) is 182 Å². The molecule has 0 fully saturated rings. The molecule has 2 heterocycles. The zero-order chi connectivity index (χ0) is 34.9. The number of rotatable bonds is 5. The third-order valence-corrected chi connectivity index (χ3v) is 11.2. The molecule has 0 N–H and O–H groups in total. The van der Waals surface area contributed by atoms with Gasteiger partial charge in [-0.05, 0) is 116 Å². The molecule has 5 heteroatoms. The molecule has 0 aliphatic carbocycles. The predicted octanol–water partition coefficient (Wildman–Crippen LogP) is 13.7. The van der Waals surface area contributed by atoms with Crippen LogP contribution in [-0.4, -0.2) is 9.36 Å². The molecular weight excluding hydrogens is 665 g/mol. The summed E-state index contributed by atoms with van der Waals surface area (Å²) in [6, 6.07) is 65.3. The molecule has 0 saturated carbocycles. The maximum atomic E-state index is 5.13. The average Bonchev–Trinajstić information content (AvgIpc) is 3.73. The Morgan fingerprint density at radius 1 is 0.358 bits per heavy atom. The highest BCUT2D eigenvalue weighted by Gasteiger charge is 2.30. The van der Waals surface area contributed by atoms with Crippen LogP contribution in [0.25, 0.3) is 65.4 Å². The number of para-hydroxylation sites is 4. The Kier molecular flexibility index (Phi) is 6.69. The Labute approximate surface area is 311 Å². The third-order valence-electron chi connectivity index (χ3n) is 10.4. The van der Waals surface area contributed by atoms with E-state index in [4.69, 9.17) is 9.36 Å². The van der Waals surface area contributed by atoms with Crippen molar-refractivity contribution >= 4 is 78.0 Å². The molecule has 0 unspecified atom stereocenters. The van der Waals surface area contributed by atoms with Gasteiger partial charge in [0.05, 0.1) is 22.7 Å². The van der Waals surface area contributed by atoms with Gasteiger partial charge in [0.25, 0.3) is 0 Å². The molecule has 11 rings (SSSR count). The van der Waals surface area contributed by atoms with Crippen LogP contribution < -0.4 is 9.80 Å². The smallest absolute Gasteiger partial charge is 0.173 e. The molecule has 1 aromatic heterocycles. The number of aromatic nitrogens is 2. The Hall–Kier alpha value is -6.82. The Bertz CT molecular complexity index is 2870. The Balaban J connectivity index is 0.985. The number of fused-ring (bicyclic) bond motifs is 2. The summed E-state index contributed by atoms with van der Waals surface area (Å²) in [5.74, 6) is 0.753. The summed E-state index contributed by atoms with van der Waals surface area (Å²) in [5, 5.41) is 8.48. The normalized spacial score (nSPS) is 12.5. The first-order valence-electron chi connectivity index (χ1n) is 17.8. The molecule has 0 amide bonds. The lowest BCUT2D eigenvalue weighted by molar-refractivity contribution is 1.17. The van der Waals surface area contributed by atoms with Crippen LogP contribution in [0, 0.1) is 0 Å². The van der Waals surface area contributed by atoms with Gasteiger partial charge in [0.15, 0.2) is 5.82 Å². The minimum absolute atomic E-state index is 0.753. The summed E-state index contributed by atoms with van der Waals surface area (Å²) >= 11 is 1.45. The summed E-state index contributed by atoms with van der Waals surface area (Å²) in [4.78, 5) is 9.87. The van der Waals surface area contributed by atoms with Crippen LogP contribution in [0.2, 0.25) is 0 Å². The second kappa shape index (κ2) is 11.9. The zero-order valence-electron chi connectivity index (χ0n) is 28.5. The summed E-state index contributed by atoms with van der Waals surface area (Å²) in [7, 11) is 0. The van der Waals surface area contributed by atoms with E-state index in [1.807, 2.05) is 0 Å². The molecule has 1 aliphatic rings. The van der Waals surface area contributed by atoms with E-state index in [1.54, 1.807) is 0 Å². The van der Waals surface area contributed by atoms with Gasteiger partial charge >= 0.3 is 0 Å². The lowest BCUT2D eigenvalue weighted by Gasteiger charge is -2.40. The molecule has 0 atom stereocenters. The number of hydrogen-bond donors (Lipinski definition) is 0. The molecule has 0 spiro atoms. The van der Waals surface area contributed by atoms with Crippen LogP contribution in [0.3, 0.4) is 0 Å². The van der Waals surface area contributed by atoms with Crippen molar-refractivity contribution in [3.63, 3.8) is 0 Å². The van der Waals surface area contributed by atoms with Crippen LogP contribution in [0.1, 0.15) is 0 Å². The fraction of sp³-hybridized carbons (Fsp3) is 0. The van der Waals surface area contributed by atoms with Gasteiger partial charge in [-0.2, -0.15) is 4.37 Å². The van der Waals surface area contributed by atoms with E-state index in [2.05, 4.69) is 192 Å². The Morgan fingerprint density at radius 2 is 0.830 bits per heavy atom. The third kappa shape index (κ3) is 4.82. The van der Waals surface area contributed by atoms with Gasteiger partial charge in [-0.1, -0.05) is 121 Å². The van der Waals surface area contributed by atoms with Crippen LogP contribution in [-0.2, 0) is 0 Å². The first kappa shape index (κ1) is 29.9. The summed E-state index contributed by atoms with van der Waals surface area (Å²) < 4.78 is 4.90. The lowest BCUT2D eigenvalue weighted by atomic mass is 9.93. The molecule has 10 aromatic rings. The molecule has 0 saturated heterocycles. The molecule has 0 bridgehead atoms. The van der Waals surface area contributed by atoms with Crippen molar-refractivity contribution in [1.29, 1.82) is 0 Å². The van der Waals surface area contributed by atoms with Crippen molar-refractivity contribution in [2.24, 2.45) is 0 Å². The number of nitrogens with zero attached hydrogens (tertiary/aromatic N) is 4. The van der Waals surface area contributed by atoms with Crippen molar-refractivity contribution in [3.8, 4) is 33.1 Å². The van der Waals surface area contributed by atoms with Crippen LogP contribution in [0.5, 0.6) is 0 Å². The fourth-order valence-electron chi connectivity index (χ4n) is 8.07. The minimum atomic E-state index is 0.753. The predicted molar refractivity (Wildman–Crippen MR) is 223 cm³/mol. The summed E-state index contributed by atoms with van der Waals surface area (Å²) in [5.41, 5.74) is 11.1. The monoisotopic (exact) mass is 694 g/mol. The molecule has 9 aromatic carbocycles. The average molecular weight is 695 g/mol. The van der Waals surface area contributed by atoms with E-state index in [0.717, 1.165) is 56.1 Å². The number of benzene rings is 9. The van der Waals surface area contributed by atoms with Gasteiger partial charge in [-0.25, -0.2) is 4.98 Å². The molecule has 0 radical (unpaired) electrons. The van der Waals surface area contributed by atoms with Crippen molar-refractivity contribution in [2.75, 3.05) is 9.80 Å². The summed E-state index contributed by atoms with van der Waals surface area (Å²) in [6.07, 6.45) is 0. The molecule has 53 heavy (non-hydrogen) atoms. The van der Waals surface area contributed by atoms with E-state index in [-0.39, 0.29) is 0 Å². The second-order valence-corrected chi connectivity index (χ2v) is 14.3. The Morgan fingerprint density at radius 3 is 1.43 bits per heavy atom. The lowest BCUT2D eigenvalue weighted by Crippen LogP contribution is -2.23. The fourth-order valence-corrected chi connectivity index (χ4v) is 8.75. The maximum absolute atomic E-state index is 5.13. The van der Waals surface area contributed by atoms with Crippen molar-refractivity contribution in [1.82, 2.24) is 9.36 Å². The van der Waals surface area contributed by atoms with Crippen molar-refractivity contribution in [2.45, 2.75) is 0 Å². The highest BCUT2D eigenvalue weighted by atomic mass is 32.1. The van der Waals surface area contributed by atoms with Gasteiger partial charge < -0.3 is 9.80 Å². The van der Waals surface area contributed by atoms with Crippen LogP contribution >= 0.6 is 11.5 Å². The summed E-state index contributed by atoms with van der Waals surface area (Å²) in [6.45, 7) is 0. The molecular formula is C48H30N4S. The van der Waals surface area contributed by atoms with Gasteiger partial charge in [-0.15, -0.1) is 0 Å². The molecule has 1 aliphatic heterocycles. The largest absolute Gasteiger partial charge is 0.306 e. The molecule has 4 nitrogen and oxygen atoms in total. The van der Waals surface area contributed by atoms with Gasteiger partial charge in [0.2, 0.25) is 0 Å². The SMILES string of the molecule is c1ccc(-c2cccc(N3c4ccccc4N(c4cccc(-c5nc(-c6cc7ccc8cccc9ccc(c6)c7c89)ns5)c4)c4ccccc43)c2)cc1. The van der Waals surface area contributed by atoms with Crippen LogP contribution in [0.4, 0.5) is 34.1 Å². The highest BCUT2D eigenvalue weighted by Crippen LogP contribution is 2.54. The van der Waals surface area contributed by atoms with E-state index >= 15 is 0 Å². The zero-order valence-corrected chi connectivity index (χ0v) is 29.3. The van der Waals surface area contributed by atoms with E-state index in [0.29, 0.717) is 0 Å². The van der Waals surface area contributed by atoms with Gasteiger partial charge in [0.1, 0.15) is 5.01 Å². The van der Waals surface area contributed by atoms with Gasteiger partial charge in [-0.3, -0.25) is 0 Å². The standard InChI is InChI=1S/C48H30N4S/c1-2-11-31(12-3-1)34-15-9-17-39(29-34)51-41-19-4-6-21-43(41)52(44-22-7-5-20-42(44)51)40-18-10-16-37(30-40)48-49-47(50-53-48)38-27-35-25-23-32-13-8-14-33-24-26-36(28-38)46(35)45(32)33/h1-30H. The maximum Gasteiger partial charge on any atom is 0.173 e. The topological polar surface area (TPSA) is 32.3 Å².